The minimum absolute atomic E-state index is 0.216. The fraction of sp³-hybridized carbons (Fsp3) is 0.429. The molecule has 0 saturated heterocycles. The summed E-state index contributed by atoms with van der Waals surface area (Å²) in [7, 11) is 0. The third-order valence-corrected chi connectivity index (χ3v) is 4.56. The number of ether oxygens (including phenoxy) is 1. The van der Waals surface area contributed by atoms with Gasteiger partial charge < -0.3 is 19.9 Å². The Hall–Kier alpha value is -2.76. The molecule has 2 aromatic rings. The van der Waals surface area contributed by atoms with Crippen molar-refractivity contribution in [2.45, 2.75) is 34.6 Å². The second kappa shape index (κ2) is 9.26. The van der Waals surface area contributed by atoms with Crippen LogP contribution in [-0.4, -0.2) is 43.1 Å². The van der Waals surface area contributed by atoms with Gasteiger partial charge in [-0.25, -0.2) is 4.79 Å². The number of carbonyl (C=O) groups excluding carboxylic acids is 2. The summed E-state index contributed by atoms with van der Waals surface area (Å²) in [5.41, 5.74) is 4.47. The second-order valence-electron chi connectivity index (χ2n) is 6.52. The number of carbonyl (C=O) groups is 2. The molecule has 27 heavy (non-hydrogen) atoms. The third kappa shape index (κ3) is 4.90. The van der Waals surface area contributed by atoms with E-state index in [9.17, 15) is 9.59 Å². The lowest BCUT2D eigenvalue weighted by Gasteiger charge is -2.23. The number of anilines is 1. The number of aromatic amines is 1. The molecule has 1 heterocycles. The van der Waals surface area contributed by atoms with Gasteiger partial charge in [0.2, 0.25) is 0 Å². The van der Waals surface area contributed by atoms with Crippen LogP contribution in [0.2, 0.25) is 0 Å². The number of nitrogens with one attached hydrogen (secondary N) is 2. The Morgan fingerprint density at radius 2 is 1.93 bits per heavy atom. The van der Waals surface area contributed by atoms with E-state index in [-0.39, 0.29) is 5.91 Å². The predicted octanol–water partition coefficient (Wildman–Crippen LogP) is 3.37. The van der Waals surface area contributed by atoms with Gasteiger partial charge in [-0.1, -0.05) is 12.1 Å². The minimum Gasteiger partial charge on any atom is -0.462 e. The van der Waals surface area contributed by atoms with Crippen molar-refractivity contribution in [2.24, 2.45) is 0 Å². The molecule has 0 radical (unpaired) electrons. The molecular formula is C21H29N3O3. The van der Waals surface area contributed by atoms with Gasteiger partial charge in [0, 0.05) is 31.0 Å². The average Bonchev–Trinajstić information content (AvgIpc) is 2.93. The fourth-order valence-corrected chi connectivity index (χ4v) is 3.17. The first-order chi connectivity index (χ1) is 12.9. The molecule has 1 aromatic heterocycles. The van der Waals surface area contributed by atoms with Crippen LogP contribution in [-0.2, 0) is 4.74 Å². The van der Waals surface area contributed by atoms with E-state index in [2.05, 4.69) is 47.2 Å². The molecule has 0 aliphatic rings. The van der Waals surface area contributed by atoms with Crippen molar-refractivity contribution < 1.29 is 14.3 Å². The monoisotopic (exact) mass is 371 g/mol. The number of likely N-dealkylation sites (N-methyl/N-ethyl adjacent to an activating group) is 1. The quantitative estimate of drug-likeness (QED) is 0.698. The van der Waals surface area contributed by atoms with E-state index < -0.39 is 5.97 Å². The number of aryl methyl sites for hydroxylation is 2. The van der Waals surface area contributed by atoms with Crippen LogP contribution in [0.25, 0.3) is 0 Å². The molecular weight excluding hydrogens is 342 g/mol. The highest BCUT2D eigenvalue weighted by atomic mass is 16.5. The molecule has 146 valence electrons. The van der Waals surface area contributed by atoms with Crippen LogP contribution in [0.5, 0.6) is 0 Å². The first-order valence-electron chi connectivity index (χ1n) is 9.35. The Bertz CT molecular complexity index is 811. The maximum absolute atomic E-state index is 12.6. The maximum Gasteiger partial charge on any atom is 0.340 e. The van der Waals surface area contributed by atoms with Gasteiger partial charge in [-0.2, -0.15) is 0 Å². The SMILES string of the molecule is CCOC(=O)c1c(C)[nH]c(C(=O)NCCN(CC)c2cccc(C)c2)c1C. The van der Waals surface area contributed by atoms with Crippen LogP contribution < -0.4 is 10.2 Å². The number of H-pyrrole nitrogens is 1. The van der Waals surface area contributed by atoms with Crippen molar-refractivity contribution in [1.29, 1.82) is 0 Å². The van der Waals surface area contributed by atoms with Gasteiger partial charge in [0.25, 0.3) is 5.91 Å². The molecule has 2 N–H and O–H groups in total. The highest BCUT2D eigenvalue weighted by Crippen LogP contribution is 2.19. The van der Waals surface area contributed by atoms with Crippen LogP contribution in [0, 0.1) is 20.8 Å². The Morgan fingerprint density at radius 1 is 1.19 bits per heavy atom. The molecule has 0 spiro atoms. The lowest BCUT2D eigenvalue weighted by molar-refractivity contribution is 0.0525. The lowest BCUT2D eigenvalue weighted by atomic mass is 10.1. The van der Waals surface area contributed by atoms with Gasteiger partial charge in [0.05, 0.1) is 12.2 Å². The van der Waals surface area contributed by atoms with Crippen molar-refractivity contribution >= 4 is 17.6 Å². The molecule has 0 unspecified atom stereocenters. The van der Waals surface area contributed by atoms with Crippen molar-refractivity contribution in [3.8, 4) is 0 Å². The molecule has 1 amide bonds. The Balaban J connectivity index is 2.01. The van der Waals surface area contributed by atoms with Gasteiger partial charge in [-0.05, 0) is 57.9 Å². The van der Waals surface area contributed by atoms with Crippen LogP contribution in [0.3, 0.4) is 0 Å². The van der Waals surface area contributed by atoms with E-state index in [1.165, 1.54) is 5.56 Å². The number of hydrogen-bond acceptors (Lipinski definition) is 4. The number of rotatable bonds is 8. The van der Waals surface area contributed by atoms with Gasteiger partial charge >= 0.3 is 5.97 Å². The largest absolute Gasteiger partial charge is 0.462 e. The normalized spacial score (nSPS) is 10.6. The fourth-order valence-electron chi connectivity index (χ4n) is 3.17. The molecule has 1 aromatic carbocycles. The maximum atomic E-state index is 12.6. The second-order valence-corrected chi connectivity index (χ2v) is 6.52. The summed E-state index contributed by atoms with van der Waals surface area (Å²) in [6.45, 7) is 11.8. The highest BCUT2D eigenvalue weighted by molar-refractivity contribution is 6.00. The van der Waals surface area contributed by atoms with Crippen LogP contribution in [0.15, 0.2) is 24.3 Å². The Kier molecular flexibility index (Phi) is 7.05. The molecule has 0 atom stereocenters. The van der Waals surface area contributed by atoms with Crippen LogP contribution in [0.1, 0.15) is 51.5 Å². The number of hydrogen-bond donors (Lipinski definition) is 2. The zero-order chi connectivity index (χ0) is 20.0. The van der Waals surface area contributed by atoms with Crippen molar-refractivity contribution in [1.82, 2.24) is 10.3 Å². The summed E-state index contributed by atoms with van der Waals surface area (Å²) in [5, 5.41) is 2.94. The van der Waals surface area contributed by atoms with E-state index in [1.807, 2.05) is 6.07 Å². The van der Waals surface area contributed by atoms with Crippen LogP contribution in [0.4, 0.5) is 5.69 Å². The predicted molar refractivity (Wildman–Crippen MR) is 108 cm³/mol. The highest BCUT2D eigenvalue weighted by Gasteiger charge is 2.22. The Morgan fingerprint density at radius 3 is 2.56 bits per heavy atom. The zero-order valence-corrected chi connectivity index (χ0v) is 16.8. The number of amides is 1. The van der Waals surface area contributed by atoms with E-state index in [0.717, 1.165) is 12.2 Å². The standard InChI is InChI=1S/C21H29N3O3/c1-6-24(17-10-8-9-14(3)13-17)12-11-22-20(25)19-15(4)18(16(5)23-19)21(26)27-7-2/h8-10,13,23H,6-7,11-12H2,1-5H3,(H,22,25). The van der Waals surface area contributed by atoms with E-state index in [1.54, 1.807) is 20.8 Å². The molecule has 6 heteroatoms. The van der Waals surface area contributed by atoms with Crippen molar-refractivity contribution in [2.75, 3.05) is 31.1 Å². The van der Waals surface area contributed by atoms with Gasteiger partial charge in [-0.15, -0.1) is 0 Å². The van der Waals surface area contributed by atoms with E-state index in [4.69, 9.17) is 4.74 Å². The Labute approximate surface area is 160 Å². The molecule has 0 aliphatic carbocycles. The summed E-state index contributed by atoms with van der Waals surface area (Å²) in [6.07, 6.45) is 0. The first kappa shape index (κ1) is 20.6. The number of aromatic nitrogens is 1. The van der Waals surface area contributed by atoms with E-state index in [0.29, 0.717) is 42.2 Å². The number of benzene rings is 1. The average molecular weight is 371 g/mol. The first-order valence-corrected chi connectivity index (χ1v) is 9.35. The summed E-state index contributed by atoms with van der Waals surface area (Å²) in [6, 6.07) is 8.31. The molecule has 0 aliphatic heterocycles. The smallest absolute Gasteiger partial charge is 0.340 e. The topological polar surface area (TPSA) is 74.4 Å². The van der Waals surface area contributed by atoms with Crippen molar-refractivity contribution in [3.05, 3.63) is 52.3 Å². The molecule has 0 saturated carbocycles. The van der Waals surface area contributed by atoms with Gasteiger partial charge in [0.1, 0.15) is 5.69 Å². The van der Waals surface area contributed by atoms with Crippen molar-refractivity contribution in [3.63, 3.8) is 0 Å². The van der Waals surface area contributed by atoms with Gasteiger partial charge in [0.15, 0.2) is 0 Å². The number of nitrogens with zero attached hydrogens (tertiary/aromatic N) is 1. The number of esters is 1. The van der Waals surface area contributed by atoms with Gasteiger partial charge in [-0.3, -0.25) is 4.79 Å². The summed E-state index contributed by atoms with van der Waals surface area (Å²) < 4.78 is 5.07. The molecule has 0 fully saturated rings. The molecule has 0 bridgehead atoms. The summed E-state index contributed by atoms with van der Waals surface area (Å²) in [4.78, 5) is 29.9. The zero-order valence-electron chi connectivity index (χ0n) is 16.8. The van der Waals surface area contributed by atoms with Crippen LogP contribution >= 0.6 is 0 Å². The summed E-state index contributed by atoms with van der Waals surface area (Å²) in [5.74, 6) is -0.620. The molecule has 2 rings (SSSR count). The minimum atomic E-state index is -0.403. The summed E-state index contributed by atoms with van der Waals surface area (Å²) >= 11 is 0. The third-order valence-electron chi connectivity index (χ3n) is 4.56. The molecule has 6 nitrogen and oxygen atoms in total. The lowest BCUT2D eigenvalue weighted by Crippen LogP contribution is -2.35. The van der Waals surface area contributed by atoms with E-state index >= 15 is 0 Å².